The van der Waals surface area contributed by atoms with Gasteiger partial charge in [-0.2, -0.15) is 0 Å². The van der Waals surface area contributed by atoms with Crippen molar-refractivity contribution in [2.24, 2.45) is 0 Å². The van der Waals surface area contributed by atoms with Crippen LogP contribution in [0.2, 0.25) is 0 Å². The first-order chi connectivity index (χ1) is 9.24. The molecule has 4 nitrogen and oxygen atoms in total. The second-order valence-corrected chi connectivity index (χ2v) is 4.70. The largest absolute Gasteiger partial charge is 0.328 e. The highest BCUT2D eigenvalue weighted by atomic mass is 16.2. The molecule has 2 N–H and O–H groups in total. The van der Waals surface area contributed by atoms with E-state index in [2.05, 4.69) is 10.3 Å². The number of carbonyl (C=O) groups is 1. The van der Waals surface area contributed by atoms with Gasteiger partial charge in [0.2, 0.25) is 0 Å². The Morgan fingerprint density at radius 2 is 2.00 bits per heavy atom. The van der Waals surface area contributed by atoms with Crippen LogP contribution in [-0.4, -0.2) is 10.9 Å². The molecule has 0 aliphatic heterocycles. The first-order valence-corrected chi connectivity index (χ1v) is 6.35. The van der Waals surface area contributed by atoms with Crippen molar-refractivity contribution in [2.45, 2.75) is 19.3 Å². The number of carbonyl (C=O) groups excluding carboxylic acids is 1. The summed E-state index contributed by atoms with van der Waals surface area (Å²) in [6.45, 7) is 0. The van der Waals surface area contributed by atoms with Crippen molar-refractivity contribution in [1.82, 2.24) is 4.98 Å². The molecule has 1 amide bonds. The van der Waals surface area contributed by atoms with Crippen LogP contribution in [0, 0.1) is 0 Å². The van der Waals surface area contributed by atoms with Gasteiger partial charge in [0.1, 0.15) is 5.56 Å². The maximum atomic E-state index is 12.0. The molecule has 0 saturated carbocycles. The summed E-state index contributed by atoms with van der Waals surface area (Å²) in [4.78, 5) is 26.0. The average molecular weight is 254 g/mol. The van der Waals surface area contributed by atoms with E-state index in [1.54, 1.807) is 6.07 Å². The number of benzene rings is 1. The summed E-state index contributed by atoms with van der Waals surface area (Å²) in [6, 6.07) is 9.09. The van der Waals surface area contributed by atoms with E-state index in [4.69, 9.17) is 0 Å². The van der Waals surface area contributed by atoms with Crippen LogP contribution in [0.15, 0.2) is 41.3 Å². The third-order valence-electron chi connectivity index (χ3n) is 3.42. The van der Waals surface area contributed by atoms with Gasteiger partial charge in [0.15, 0.2) is 0 Å². The number of pyridine rings is 1. The summed E-state index contributed by atoms with van der Waals surface area (Å²) in [5.41, 5.74) is 3.15. The molecule has 2 aromatic rings. The molecule has 0 saturated heterocycles. The molecular formula is C15H14N2O2. The molecule has 0 atom stereocenters. The van der Waals surface area contributed by atoms with Crippen LogP contribution in [0.25, 0.3) is 0 Å². The molecule has 0 bridgehead atoms. The van der Waals surface area contributed by atoms with Crippen LogP contribution in [0.4, 0.5) is 5.69 Å². The number of nitrogens with one attached hydrogen (secondary N) is 2. The van der Waals surface area contributed by atoms with Gasteiger partial charge in [0.25, 0.3) is 11.5 Å². The molecule has 1 aliphatic carbocycles. The minimum Gasteiger partial charge on any atom is -0.328 e. The number of fused-ring (bicyclic) bond motifs is 1. The van der Waals surface area contributed by atoms with E-state index < -0.39 is 0 Å². The second kappa shape index (κ2) is 4.72. The van der Waals surface area contributed by atoms with Crippen molar-refractivity contribution < 1.29 is 4.79 Å². The SMILES string of the molecule is O=C(Nc1ccc2c(c1)CCC2)c1ccc[nH]c1=O. The van der Waals surface area contributed by atoms with E-state index in [9.17, 15) is 9.59 Å². The summed E-state index contributed by atoms with van der Waals surface area (Å²) in [5, 5.41) is 2.77. The van der Waals surface area contributed by atoms with E-state index >= 15 is 0 Å². The number of H-pyrrole nitrogens is 1. The number of hydrogen-bond donors (Lipinski definition) is 2. The van der Waals surface area contributed by atoms with Crippen LogP contribution < -0.4 is 10.9 Å². The number of rotatable bonds is 2. The van der Waals surface area contributed by atoms with Gasteiger partial charge < -0.3 is 10.3 Å². The van der Waals surface area contributed by atoms with E-state index in [-0.39, 0.29) is 17.0 Å². The number of aryl methyl sites for hydroxylation is 2. The lowest BCUT2D eigenvalue weighted by molar-refractivity contribution is 0.102. The predicted molar refractivity (Wildman–Crippen MR) is 73.5 cm³/mol. The number of aromatic amines is 1. The fourth-order valence-electron chi connectivity index (χ4n) is 2.45. The predicted octanol–water partition coefficient (Wildman–Crippen LogP) is 2.12. The van der Waals surface area contributed by atoms with Gasteiger partial charge in [-0.25, -0.2) is 0 Å². The number of hydrogen-bond acceptors (Lipinski definition) is 2. The third kappa shape index (κ3) is 2.29. The molecule has 1 aliphatic rings. The highest BCUT2D eigenvalue weighted by Crippen LogP contribution is 2.24. The monoisotopic (exact) mass is 254 g/mol. The van der Waals surface area contributed by atoms with Crippen molar-refractivity contribution in [3.05, 3.63) is 63.6 Å². The zero-order valence-corrected chi connectivity index (χ0v) is 10.4. The average Bonchev–Trinajstić information content (AvgIpc) is 2.86. The van der Waals surface area contributed by atoms with Gasteiger partial charge in [0.05, 0.1) is 0 Å². The van der Waals surface area contributed by atoms with E-state index in [1.165, 1.54) is 29.8 Å². The van der Waals surface area contributed by atoms with Crippen LogP contribution >= 0.6 is 0 Å². The second-order valence-electron chi connectivity index (χ2n) is 4.70. The summed E-state index contributed by atoms with van der Waals surface area (Å²) in [6.07, 6.45) is 4.85. The maximum Gasteiger partial charge on any atom is 0.261 e. The first kappa shape index (κ1) is 11.7. The van der Waals surface area contributed by atoms with E-state index in [0.717, 1.165) is 18.5 Å². The van der Waals surface area contributed by atoms with Crippen LogP contribution in [-0.2, 0) is 12.8 Å². The van der Waals surface area contributed by atoms with Crippen molar-refractivity contribution in [3.63, 3.8) is 0 Å². The van der Waals surface area contributed by atoms with Gasteiger partial charge in [-0.1, -0.05) is 6.07 Å². The molecule has 1 heterocycles. The molecule has 3 rings (SSSR count). The minimum absolute atomic E-state index is 0.128. The number of aromatic nitrogens is 1. The Balaban J connectivity index is 1.84. The molecule has 0 radical (unpaired) electrons. The molecule has 19 heavy (non-hydrogen) atoms. The Morgan fingerprint density at radius 3 is 2.84 bits per heavy atom. The summed E-state index contributed by atoms with van der Waals surface area (Å²) in [5.74, 6) is -0.375. The van der Waals surface area contributed by atoms with Crippen LogP contribution in [0.1, 0.15) is 27.9 Å². The first-order valence-electron chi connectivity index (χ1n) is 6.35. The Labute approximate surface area is 110 Å². The smallest absolute Gasteiger partial charge is 0.261 e. The normalized spacial score (nSPS) is 13.1. The standard InChI is InChI=1S/C15H14N2O2/c18-14-13(5-2-8-16-14)15(19)17-12-7-6-10-3-1-4-11(10)9-12/h2,5-9H,1,3-4H2,(H,16,18)(H,17,19). The molecule has 96 valence electrons. The van der Waals surface area contributed by atoms with Crippen molar-refractivity contribution in [2.75, 3.05) is 5.32 Å². The van der Waals surface area contributed by atoms with Gasteiger partial charge in [-0.3, -0.25) is 9.59 Å². The molecule has 1 aromatic heterocycles. The van der Waals surface area contributed by atoms with Crippen molar-refractivity contribution in [1.29, 1.82) is 0 Å². The molecule has 0 unspecified atom stereocenters. The van der Waals surface area contributed by atoms with Gasteiger partial charge in [0, 0.05) is 11.9 Å². The van der Waals surface area contributed by atoms with Crippen LogP contribution in [0.3, 0.4) is 0 Å². The zero-order chi connectivity index (χ0) is 13.2. The lowest BCUT2D eigenvalue weighted by Gasteiger charge is -2.07. The van der Waals surface area contributed by atoms with Crippen molar-refractivity contribution in [3.8, 4) is 0 Å². The highest BCUT2D eigenvalue weighted by molar-refractivity contribution is 6.04. The minimum atomic E-state index is -0.375. The van der Waals surface area contributed by atoms with Gasteiger partial charge in [-0.15, -0.1) is 0 Å². The van der Waals surface area contributed by atoms with Crippen molar-refractivity contribution >= 4 is 11.6 Å². The lowest BCUT2D eigenvalue weighted by atomic mass is 10.1. The lowest BCUT2D eigenvalue weighted by Crippen LogP contribution is -2.22. The zero-order valence-electron chi connectivity index (χ0n) is 10.4. The molecule has 0 spiro atoms. The van der Waals surface area contributed by atoms with E-state index in [0.29, 0.717) is 0 Å². The Kier molecular flexibility index (Phi) is 2.91. The Hall–Kier alpha value is -2.36. The van der Waals surface area contributed by atoms with E-state index in [1.807, 2.05) is 18.2 Å². The Bertz CT molecular complexity index is 689. The fraction of sp³-hybridized carbons (Fsp3) is 0.200. The third-order valence-corrected chi connectivity index (χ3v) is 3.42. The van der Waals surface area contributed by atoms with Crippen LogP contribution in [0.5, 0.6) is 0 Å². The number of anilines is 1. The molecule has 0 fully saturated rings. The summed E-state index contributed by atoms with van der Waals surface area (Å²) in [7, 11) is 0. The highest BCUT2D eigenvalue weighted by Gasteiger charge is 2.13. The van der Waals surface area contributed by atoms with Gasteiger partial charge in [-0.05, 0) is 54.7 Å². The summed E-state index contributed by atoms with van der Waals surface area (Å²) >= 11 is 0. The van der Waals surface area contributed by atoms with Gasteiger partial charge >= 0.3 is 0 Å². The number of amides is 1. The quantitative estimate of drug-likeness (QED) is 0.862. The topological polar surface area (TPSA) is 62.0 Å². The summed E-state index contributed by atoms with van der Waals surface area (Å²) < 4.78 is 0. The molecular weight excluding hydrogens is 240 g/mol. The molecule has 1 aromatic carbocycles. The Morgan fingerprint density at radius 1 is 1.16 bits per heavy atom. The molecule has 4 heteroatoms. The fourth-order valence-corrected chi connectivity index (χ4v) is 2.45. The maximum absolute atomic E-state index is 12.0.